The van der Waals surface area contributed by atoms with Crippen LogP contribution in [0.2, 0.25) is 0 Å². The van der Waals surface area contributed by atoms with Gasteiger partial charge < -0.3 is 10.2 Å². The molecule has 0 aliphatic carbocycles. The van der Waals surface area contributed by atoms with Crippen molar-refractivity contribution < 1.29 is 18.0 Å². The number of anilines is 1. The molecule has 1 fully saturated rings. The molecule has 0 spiro atoms. The summed E-state index contributed by atoms with van der Waals surface area (Å²) in [5.41, 5.74) is -1.16. The van der Waals surface area contributed by atoms with Gasteiger partial charge in [0.15, 0.2) is 12.0 Å². The molecule has 18 heavy (non-hydrogen) atoms. The smallest absolute Gasteiger partial charge is 0.367 e. The summed E-state index contributed by atoms with van der Waals surface area (Å²) >= 11 is 0. The highest BCUT2D eigenvalue weighted by atomic mass is 19.4. The van der Waals surface area contributed by atoms with Crippen molar-refractivity contribution in [2.75, 3.05) is 31.1 Å². The number of piperazine rings is 1. The first-order valence-electron chi connectivity index (χ1n) is 5.51. The van der Waals surface area contributed by atoms with Crippen LogP contribution < -0.4 is 10.2 Å². The van der Waals surface area contributed by atoms with Gasteiger partial charge in [-0.05, 0) is 12.1 Å². The number of aromatic nitrogens is 1. The van der Waals surface area contributed by atoms with Gasteiger partial charge in [0, 0.05) is 26.2 Å². The van der Waals surface area contributed by atoms with Crippen LogP contribution in [0.5, 0.6) is 0 Å². The molecule has 4 nitrogen and oxygen atoms in total. The number of hydrogen-bond donors (Lipinski definition) is 1. The standard InChI is InChI=1S/C11H12F3N3O/c12-11(13,14)10-9(2-1-8(7-18)16-10)17-5-3-15-4-6-17/h1-2,7,15H,3-6H2. The Kier molecular flexibility index (Phi) is 3.51. The van der Waals surface area contributed by atoms with Crippen molar-refractivity contribution in [3.63, 3.8) is 0 Å². The number of rotatable bonds is 2. The van der Waals surface area contributed by atoms with Crippen LogP contribution in [0.4, 0.5) is 18.9 Å². The first-order valence-corrected chi connectivity index (χ1v) is 5.51. The summed E-state index contributed by atoms with van der Waals surface area (Å²) in [6.45, 7) is 2.25. The number of halogens is 3. The predicted octanol–water partition coefficient (Wildman–Crippen LogP) is 1.32. The van der Waals surface area contributed by atoms with Gasteiger partial charge in [-0.3, -0.25) is 4.79 Å². The maximum absolute atomic E-state index is 12.9. The second kappa shape index (κ2) is 4.93. The second-order valence-corrected chi connectivity index (χ2v) is 3.96. The maximum Gasteiger partial charge on any atom is 0.435 e. The molecule has 7 heteroatoms. The molecule has 0 radical (unpaired) electrons. The molecule has 1 saturated heterocycles. The van der Waals surface area contributed by atoms with Crippen LogP contribution in [0, 0.1) is 0 Å². The van der Waals surface area contributed by atoms with Crippen LogP contribution in [0.15, 0.2) is 12.1 Å². The second-order valence-electron chi connectivity index (χ2n) is 3.96. The molecule has 0 saturated carbocycles. The van der Waals surface area contributed by atoms with E-state index < -0.39 is 11.9 Å². The largest absolute Gasteiger partial charge is 0.435 e. The van der Waals surface area contributed by atoms with Crippen LogP contribution in [0.1, 0.15) is 16.2 Å². The number of aldehydes is 1. The minimum atomic E-state index is -4.56. The monoisotopic (exact) mass is 259 g/mol. The van der Waals surface area contributed by atoms with E-state index in [-0.39, 0.29) is 11.4 Å². The van der Waals surface area contributed by atoms with Gasteiger partial charge in [-0.2, -0.15) is 13.2 Å². The lowest BCUT2D eigenvalue weighted by Crippen LogP contribution is -2.44. The Labute approximate surface area is 102 Å². The zero-order valence-corrected chi connectivity index (χ0v) is 9.50. The normalized spacial score (nSPS) is 16.7. The molecular formula is C11H12F3N3O. The third kappa shape index (κ3) is 2.61. The van der Waals surface area contributed by atoms with Gasteiger partial charge >= 0.3 is 6.18 Å². The molecule has 1 aromatic heterocycles. The third-order valence-corrected chi connectivity index (χ3v) is 2.74. The zero-order chi connectivity index (χ0) is 13.2. The molecule has 2 rings (SSSR count). The van der Waals surface area contributed by atoms with Crippen LogP contribution >= 0.6 is 0 Å². The summed E-state index contributed by atoms with van der Waals surface area (Å²) in [7, 11) is 0. The molecule has 2 heterocycles. The van der Waals surface area contributed by atoms with E-state index in [9.17, 15) is 18.0 Å². The molecule has 1 aliphatic heterocycles. The van der Waals surface area contributed by atoms with E-state index in [1.54, 1.807) is 4.90 Å². The lowest BCUT2D eigenvalue weighted by Gasteiger charge is -2.31. The van der Waals surface area contributed by atoms with Gasteiger partial charge in [-0.15, -0.1) is 0 Å². The van der Waals surface area contributed by atoms with Crippen LogP contribution in [0.25, 0.3) is 0 Å². The minimum Gasteiger partial charge on any atom is -0.367 e. The quantitative estimate of drug-likeness (QED) is 0.814. The van der Waals surface area contributed by atoms with Gasteiger partial charge in [-0.25, -0.2) is 4.98 Å². The fourth-order valence-electron chi connectivity index (χ4n) is 1.90. The van der Waals surface area contributed by atoms with Crippen LogP contribution in [-0.4, -0.2) is 37.4 Å². The Morgan fingerprint density at radius 1 is 1.28 bits per heavy atom. The van der Waals surface area contributed by atoms with Crippen molar-refractivity contribution in [3.8, 4) is 0 Å². The van der Waals surface area contributed by atoms with Crippen LogP contribution in [-0.2, 0) is 6.18 Å². The average molecular weight is 259 g/mol. The number of nitrogens with one attached hydrogen (secondary N) is 1. The number of nitrogens with zero attached hydrogens (tertiary/aromatic N) is 2. The molecule has 1 N–H and O–H groups in total. The number of carbonyl (C=O) groups excluding carboxylic acids is 1. The number of alkyl halides is 3. The minimum absolute atomic E-state index is 0.0367. The topological polar surface area (TPSA) is 45.2 Å². The summed E-state index contributed by atoms with van der Waals surface area (Å²) in [6.07, 6.45) is -4.24. The van der Waals surface area contributed by atoms with Crippen molar-refractivity contribution in [3.05, 3.63) is 23.5 Å². The van der Waals surface area contributed by atoms with Crippen molar-refractivity contribution in [2.24, 2.45) is 0 Å². The summed E-state index contributed by atoms with van der Waals surface area (Å²) in [4.78, 5) is 15.5. The van der Waals surface area contributed by atoms with Gasteiger partial charge in [0.1, 0.15) is 5.69 Å². The Bertz CT molecular complexity index is 442. The number of hydrogen-bond acceptors (Lipinski definition) is 4. The molecule has 0 aromatic carbocycles. The first-order chi connectivity index (χ1) is 8.52. The highest BCUT2D eigenvalue weighted by Gasteiger charge is 2.37. The fourth-order valence-corrected chi connectivity index (χ4v) is 1.90. The molecular weight excluding hydrogens is 247 g/mol. The molecule has 0 atom stereocenters. The first kappa shape index (κ1) is 12.8. The van der Waals surface area contributed by atoms with E-state index >= 15 is 0 Å². The average Bonchev–Trinajstić information content (AvgIpc) is 2.38. The van der Waals surface area contributed by atoms with Crippen LogP contribution in [0.3, 0.4) is 0 Å². The van der Waals surface area contributed by atoms with Crippen molar-refractivity contribution in [1.29, 1.82) is 0 Å². The highest BCUT2D eigenvalue weighted by molar-refractivity contribution is 5.73. The summed E-state index contributed by atoms with van der Waals surface area (Å²) in [6, 6.07) is 2.62. The molecule has 98 valence electrons. The Morgan fingerprint density at radius 2 is 1.94 bits per heavy atom. The van der Waals surface area contributed by atoms with E-state index in [0.717, 1.165) is 0 Å². The Morgan fingerprint density at radius 3 is 2.50 bits per heavy atom. The Hall–Kier alpha value is -1.63. The molecule has 1 aromatic rings. The van der Waals surface area contributed by atoms with E-state index in [2.05, 4.69) is 10.3 Å². The highest BCUT2D eigenvalue weighted by Crippen LogP contribution is 2.35. The molecule has 0 unspecified atom stereocenters. The maximum atomic E-state index is 12.9. The van der Waals surface area contributed by atoms with Gasteiger partial charge in [0.05, 0.1) is 5.69 Å². The summed E-state index contributed by atoms with van der Waals surface area (Å²) < 4.78 is 38.7. The van der Waals surface area contributed by atoms with Crippen molar-refractivity contribution >= 4 is 12.0 Å². The third-order valence-electron chi connectivity index (χ3n) is 2.74. The molecule has 1 aliphatic rings. The van der Waals surface area contributed by atoms with Crippen molar-refractivity contribution in [2.45, 2.75) is 6.18 Å². The number of pyridine rings is 1. The summed E-state index contributed by atoms with van der Waals surface area (Å²) in [5.74, 6) is 0. The lowest BCUT2D eigenvalue weighted by atomic mass is 10.2. The summed E-state index contributed by atoms with van der Waals surface area (Å²) in [5, 5.41) is 3.07. The van der Waals surface area contributed by atoms with Gasteiger partial charge in [0.2, 0.25) is 0 Å². The van der Waals surface area contributed by atoms with E-state index in [1.165, 1.54) is 12.1 Å². The lowest BCUT2D eigenvalue weighted by molar-refractivity contribution is -0.140. The Balaban J connectivity index is 2.41. The van der Waals surface area contributed by atoms with E-state index in [1.807, 2.05) is 0 Å². The van der Waals surface area contributed by atoms with E-state index in [0.29, 0.717) is 32.5 Å². The van der Waals surface area contributed by atoms with E-state index in [4.69, 9.17) is 0 Å². The predicted molar refractivity (Wildman–Crippen MR) is 59.7 cm³/mol. The number of carbonyl (C=O) groups is 1. The zero-order valence-electron chi connectivity index (χ0n) is 9.50. The fraction of sp³-hybridized carbons (Fsp3) is 0.455. The molecule has 0 bridgehead atoms. The van der Waals surface area contributed by atoms with Gasteiger partial charge in [-0.1, -0.05) is 0 Å². The van der Waals surface area contributed by atoms with Gasteiger partial charge in [0.25, 0.3) is 0 Å². The SMILES string of the molecule is O=Cc1ccc(N2CCNCC2)c(C(F)(F)F)n1. The molecule has 0 amide bonds. The van der Waals surface area contributed by atoms with Crippen molar-refractivity contribution in [1.82, 2.24) is 10.3 Å².